The minimum Gasteiger partial charge on any atom is -0.480 e. The zero-order chi connectivity index (χ0) is 72.1. The molecule has 5 aliphatic heterocycles. The molecular formula is C63H72B5ClF5N3O22. The van der Waals surface area contributed by atoms with Crippen LogP contribution in [0.1, 0.15) is 156 Å². The number of nitrogens with zero attached hydrogens (tertiary/aromatic N) is 2. The zero-order valence-corrected chi connectivity index (χ0v) is 55.6. The van der Waals surface area contributed by atoms with E-state index in [4.69, 9.17) is 38.5 Å². The molecule has 5 heterocycles. The van der Waals surface area contributed by atoms with Crippen LogP contribution >= 0.6 is 12.4 Å². The minimum atomic E-state index is -1.53. The molecule has 0 saturated carbocycles. The quantitative estimate of drug-likeness (QED) is 0.0130. The number of esters is 2. The van der Waals surface area contributed by atoms with Crippen molar-refractivity contribution in [2.45, 2.75) is 131 Å². The average Bonchev–Trinajstić information content (AvgIpc) is 1.59. The largest absolute Gasteiger partial charge is 0.494 e. The van der Waals surface area contributed by atoms with Gasteiger partial charge in [0.15, 0.2) is 23.1 Å². The van der Waals surface area contributed by atoms with Gasteiger partial charge in [0.25, 0.3) is 18.3 Å². The Kier molecular flexibility index (Phi) is 28.6. The zero-order valence-electron chi connectivity index (χ0n) is 54.7. The van der Waals surface area contributed by atoms with Gasteiger partial charge in [0.1, 0.15) is 47.6 Å². The van der Waals surface area contributed by atoms with Crippen molar-refractivity contribution in [3.05, 3.63) is 140 Å². The maximum absolute atomic E-state index is 15.2. The molecular weight excluding hydrogens is 1340 g/mol. The van der Waals surface area contributed by atoms with Crippen LogP contribution in [-0.4, -0.2) is 167 Å². The molecule has 5 aromatic rings. The molecule has 0 spiro atoms. The third kappa shape index (κ3) is 20.6. The molecule has 36 heteroatoms. The molecule has 5 aromatic carbocycles. The monoisotopic (exact) mass is 1410 g/mol. The predicted molar refractivity (Wildman–Crippen MR) is 349 cm³/mol. The van der Waals surface area contributed by atoms with Crippen molar-refractivity contribution in [2.75, 3.05) is 32.7 Å². The number of fused-ring (bicyclic) bond motifs is 5. The van der Waals surface area contributed by atoms with E-state index in [-0.39, 0.29) is 152 Å². The first-order chi connectivity index (χ1) is 46.2. The molecule has 99 heavy (non-hydrogen) atoms. The van der Waals surface area contributed by atoms with E-state index in [9.17, 15) is 86.1 Å². The Hall–Kier alpha value is -7.92. The summed E-state index contributed by atoms with van der Waals surface area (Å²) < 4.78 is 113. The van der Waals surface area contributed by atoms with Crippen LogP contribution in [0.2, 0.25) is 0 Å². The highest BCUT2D eigenvalue weighted by atomic mass is 35.5. The van der Waals surface area contributed by atoms with Crippen molar-refractivity contribution in [3.63, 3.8) is 0 Å². The number of carboxylic acid groups (broad SMARTS) is 1. The normalized spacial score (nSPS) is 13.8. The maximum Gasteiger partial charge on any atom is 0.494 e. The summed E-state index contributed by atoms with van der Waals surface area (Å²) in [7, 11) is -7.23. The van der Waals surface area contributed by atoms with E-state index >= 15 is 4.39 Å². The van der Waals surface area contributed by atoms with E-state index in [1.807, 2.05) is 20.8 Å². The van der Waals surface area contributed by atoms with Crippen molar-refractivity contribution >= 4 is 123 Å². The highest BCUT2D eigenvalue weighted by Crippen LogP contribution is 2.25. The van der Waals surface area contributed by atoms with Crippen LogP contribution in [0.5, 0.6) is 5.75 Å². The number of unbranched alkanes of at least 4 members (excludes halogenated alkanes) is 1. The van der Waals surface area contributed by atoms with Gasteiger partial charge >= 0.3 is 53.5 Å². The van der Waals surface area contributed by atoms with Gasteiger partial charge < -0.3 is 83.2 Å². The Morgan fingerprint density at radius 3 is 1.14 bits per heavy atom. The number of aliphatic carboxylic acids is 1. The summed E-state index contributed by atoms with van der Waals surface area (Å²) in [4.78, 5) is 98.3. The fourth-order valence-corrected chi connectivity index (χ4v) is 10.7. The SMILES string of the molecule is CC(C)(C)OC(=O)CCCCN.CC(C)(C)OC(=O)CN(CCCC(=O)c1ccc2c(c1F)B(O)OC2)C(=O)c1ccc2c(c1F)B(O)OC2.Cl.O=C(O)CN(CCCC(=O)c1ccc2c(c1F)B(O)OC2)C(=O)c1ccc2c(c1F)B(O)OC2.O=COc1ccc2c(c1F)B(O)OC2. The first-order valence-electron chi connectivity index (χ1n) is 30.9. The lowest BCUT2D eigenvalue weighted by Crippen LogP contribution is -2.41. The summed E-state index contributed by atoms with van der Waals surface area (Å²) in [5.41, 5.74) is 4.62. The first kappa shape index (κ1) is 80.1. The van der Waals surface area contributed by atoms with Gasteiger partial charge in [0.2, 0.25) is 0 Å². The molecule has 0 radical (unpaired) electrons. The number of carboxylic acids is 1. The molecule has 8 N–H and O–H groups in total. The first-order valence-corrected chi connectivity index (χ1v) is 30.9. The number of rotatable bonds is 22. The third-order valence-electron chi connectivity index (χ3n) is 15.3. The van der Waals surface area contributed by atoms with Crippen LogP contribution in [0.25, 0.3) is 0 Å². The second-order valence-corrected chi connectivity index (χ2v) is 24.8. The Bertz CT molecular complexity index is 3830. The Morgan fingerprint density at radius 1 is 0.475 bits per heavy atom. The van der Waals surface area contributed by atoms with Crippen molar-refractivity contribution in [1.82, 2.24) is 9.80 Å². The van der Waals surface area contributed by atoms with Crippen molar-refractivity contribution < 1.29 is 128 Å². The van der Waals surface area contributed by atoms with Gasteiger partial charge in [0, 0.05) is 59.7 Å². The lowest BCUT2D eigenvalue weighted by atomic mass is 9.77. The van der Waals surface area contributed by atoms with E-state index < -0.39 is 124 Å². The van der Waals surface area contributed by atoms with Gasteiger partial charge in [-0.1, -0.05) is 30.3 Å². The molecule has 2 amide bonds. The topological polar surface area (TPSA) is 364 Å². The maximum atomic E-state index is 15.2. The van der Waals surface area contributed by atoms with Crippen molar-refractivity contribution in [3.8, 4) is 5.75 Å². The minimum absolute atomic E-state index is 0. The lowest BCUT2D eigenvalue weighted by Gasteiger charge is -2.25. The number of benzene rings is 5. The van der Waals surface area contributed by atoms with E-state index in [0.29, 0.717) is 40.8 Å². The standard InChI is InChI=1S/C25H27B2F2NO8.C21H19B2F2NO8.C9H19NO2.C8H6BFO4.ClH/c1-25(2,3)38-19(32)11-30(24(33)17-9-7-15-13-37-27(35)21(15)23(17)29)10-4-5-18(31)16-8-6-14-12-36-26(34)20(14)22(16)28;24-19-13(5-3-11-9-33-22(31)17(11)19)15(27)2-1-7-26(8-16(28)29)21(30)14-6-4-12-10-34-23(32)18(12)20(14)25;1-9(2,3)12-8(11)6-4-5-7-10;10-8-6(13-4-11)2-1-5-3-14-9(12)7(5)8;/h6-9,34-35H,4-5,10-13H2,1-3H3;3-6,31-32H,1-2,7-10H2,(H,28,29);4-7,10H2,1-3H3;1-2,4,12H,3H2;1H. The summed E-state index contributed by atoms with van der Waals surface area (Å²) in [5.74, 6) is -9.81. The number of halogens is 6. The molecule has 0 bridgehead atoms. The molecule has 0 fully saturated rings. The highest BCUT2D eigenvalue weighted by Gasteiger charge is 2.39. The molecule has 528 valence electrons. The molecule has 5 aliphatic rings. The number of hydrogen-bond acceptors (Lipinski definition) is 22. The van der Waals surface area contributed by atoms with Crippen LogP contribution in [0, 0.1) is 29.1 Å². The number of ether oxygens (including phenoxy) is 3. The number of nitrogens with two attached hydrogens (primary N) is 1. The van der Waals surface area contributed by atoms with E-state index in [0.717, 1.165) is 22.6 Å². The summed E-state index contributed by atoms with van der Waals surface area (Å²) in [6.07, 6.45) is 1.78. The summed E-state index contributed by atoms with van der Waals surface area (Å²) in [6, 6.07) is 13.8. The van der Waals surface area contributed by atoms with Gasteiger partial charge in [-0.2, -0.15) is 0 Å². The van der Waals surface area contributed by atoms with Gasteiger partial charge in [-0.05, 0) is 132 Å². The molecule has 0 saturated heterocycles. The number of amides is 2. The molecule has 0 atom stereocenters. The molecule has 0 aliphatic carbocycles. The van der Waals surface area contributed by atoms with Crippen LogP contribution in [0.3, 0.4) is 0 Å². The number of ketones is 2. The van der Waals surface area contributed by atoms with E-state index in [2.05, 4.69) is 4.74 Å². The number of Topliss-reactive ketones (excluding diaryl/α,β-unsaturated/α-hetero) is 2. The van der Waals surface area contributed by atoms with Gasteiger partial charge in [-0.25, -0.2) is 22.0 Å². The predicted octanol–water partition coefficient (Wildman–Crippen LogP) is 1.89. The fraction of sp³-hybridized carbons (Fsp3) is 0.397. The van der Waals surface area contributed by atoms with Crippen LogP contribution < -0.4 is 37.8 Å². The third-order valence-corrected chi connectivity index (χ3v) is 15.3. The fourth-order valence-electron chi connectivity index (χ4n) is 10.7. The molecule has 0 unspecified atom stereocenters. The van der Waals surface area contributed by atoms with Crippen LogP contribution in [-0.2, 0) is 85.0 Å². The van der Waals surface area contributed by atoms with Crippen LogP contribution in [0.15, 0.2) is 60.7 Å². The number of hydrogen-bond donors (Lipinski definition) is 7. The molecule has 0 aromatic heterocycles. The van der Waals surface area contributed by atoms with Gasteiger partial charge in [-0.15, -0.1) is 12.4 Å². The van der Waals surface area contributed by atoms with E-state index in [1.54, 1.807) is 26.8 Å². The van der Waals surface area contributed by atoms with Crippen molar-refractivity contribution in [1.29, 1.82) is 0 Å². The Balaban J connectivity index is 0.000000229. The lowest BCUT2D eigenvalue weighted by molar-refractivity contribution is -0.156. The Labute approximate surface area is 573 Å². The van der Waals surface area contributed by atoms with E-state index in [1.165, 1.54) is 54.6 Å². The highest BCUT2D eigenvalue weighted by molar-refractivity contribution is 6.63. The summed E-state index contributed by atoms with van der Waals surface area (Å²) in [5, 5.41) is 57.7. The van der Waals surface area contributed by atoms with Crippen molar-refractivity contribution in [2.24, 2.45) is 5.73 Å². The number of carbonyl (C=O) groups excluding carboxylic acids is 7. The second kappa shape index (κ2) is 35.4. The van der Waals surface area contributed by atoms with Crippen LogP contribution in [0.4, 0.5) is 22.0 Å². The number of carbonyl (C=O) groups is 8. The second-order valence-electron chi connectivity index (χ2n) is 24.8. The van der Waals surface area contributed by atoms with Gasteiger partial charge in [-0.3, -0.25) is 38.4 Å². The average molecular weight is 1410 g/mol. The molecule has 25 nitrogen and oxygen atoms in total. The summed E-state index contributed by atoms with van der Waals surface area (Å²) in [6.45, 7) is 9.92. The smallest absolute Gasteiger partial charge is 0.480 e. The Morgan fingerprint density at radius 2 is 0.798 bits per heavy atom. The summed E-state index contributed by atoms with van der Waals surface area (Å²) >= 11 is 0. The molecule has 10 rings (SSSR count). The van der Waals surface area contributed by atoms with Gasteiger partial charge in [0.05, 0.1) is 55.3 Å².